The molecule has 1 amide bonds. The second-order valence-corrected chi connectivity index (χ2v) is 7.55. The summed E-state index contributed by atoms with van der Waals surface area (Å²) in [5, 5.41) is 2.82. The summed E-state index contributed by atoms with van der Waals surface area (Å²) >= 11 is 1.53. The number of oxazole rings is 1. The molecule has 4 heterocycles. The standard InChI is InChI=1S/C19H16FN5O2S/c20-11-2-1-3-13-16(11)24-19(27-13)18-17-12(22-10-23-17)6-8-25(18)15(26)5-4-14-21-7-9-28-14/h1-3,7,9-10,18H,4-6,8H2,(H,22,23)/t18-/m0/s1. The Morgan fingerprint density at radius 3 is 3.14 bits per heavy atom. The molecule has 1 atom stereocenters. The number of hydrogen-bond donors (Lipinski definition) is 1. The van der Waals surface area contributed by atoms with Gasteiger partial charge in [-0.1, -0.05) is 6.07 Å². The first-order valence-corrected chi connectivity index (χ1v) is 9.83. The predicted molar refractivity (Wildman–Crippen MR) is 100 cm³/mol. The van der Waals surface area contributed by atoms with E-state index in [1.54, 1.807) is 29.6 Å². The van der Waals surface area contributed by atoms with Crippen molar-refractivity contribution in [2.75, 3.05) is 6.54 Å². The number of para-hydroxylation sites is 1. The van der Waals surface area contributed by atoms with E-state index in [2.05, 4.69) is 19.9 Å². The molecule has 28 heavy (non-hydrogen) atoms. The van der Waals surface area contributed by atoms with Gasteiger partial charge in [-0.2, -0.15) is 0 Å². The first-order chi connectivity index (χ1) is 13.7. The number of aryl methyl sites for hydroxylation is 1. The van der Waals surface area contributed by atoms with Gasteiger partial charge in [0.15, 0.2) is 17.4 Å². The maximum atomic E-state index is 14.1. The summed E-state index contributed by atoms with van der Waals surface area (Å²) in [6.45, 7) is 0.512. The van der Waals surface area contributed by atoms with Gasteiger partial charge in [0.05, 0.1) is 17.0 Å². The van der Waals surface area contributed by atoms with Crippen molar-refractivity contribution in [1.82, 2.24) is 24.8 Å². The zero-order chi connectivity index (χ0) is 19.1. The number of benzene rings is 1. The molecule has 0 unspecified atom stereocenters. The number of thiazole rings is 1. The molecule has 0 saturated heterocycles. The van der Waals surface area contributed by atoms with Crippen LogP contribution in [0.1, 0.15) is 34.7 Å². The summed E-state index contributed by atoms with van der Waals surface area (Å²) in [4.78, 5) is 30.8. The third kappa shape index (κ3) is 2.88. The third-order valence-electron chi connectivity index (χ3n) is 4.90. The second-order valence-electron chi connectivity index (χ2n) is 6.57. The number of imidazole rings is 1. The third-order valence-corrected chi connectivity index (χ3v) is 5.74. The van der Waals surface area contributed by atoms with Crippen LogP contribution in [-0.2, 0) is 17.6 Å². The van der Waals surface area contributed by atoms with Crippen LogP contribution < -0.4 is 0 Å². The van der Waals surface area contributed by atoms with Crippen LogP contribution in [0.25, 0.3) is 11.1 Å². The SMILES string of the molecule is O=C(CCc1nccs1)N1CCc2[nH]cnc2[C@H]1c1nc2c(F)cccc2o1. The van der Waals surface area contributed by atoms with E-state index < -0.39 is 11.9 Å². The molecule has 1 aliphatic heterocycles. The van der Waals surface area contributed by atoms with Crippen LogP contribution in [0.15, 0.2) is 40.5 Å². The maximum Gasteiger partial charge on any atom is 0.224 e. The minimum atomic E-state index is -0.578. The van der Waals surface area contributed by atoms with Gasteiger partial charge in [-0.3, -0.25) is 4.79 Å². The van der Waals surface area contributed by atoms with E-state index in [0.717, 1.165) is 10.7 Å². The van der Waals surface area contributed by atoms with Crippen molar-refractivity contribution in [2.24, 2.45) is 0 Å². The van der Waals surface area contributed by atoms with Crippen LogP contribution in [-0.4, -0.2) is 37.3 Å². The summed E-state index contributed by atoms with van der Waals surface area (Å²) in [6.07, 6.45) is 4.92. The maximum absolute atomic E-state index is 14.1. The number of fused-ring (bicyclic) bond motifs is 2. The number of amides is 1. The Hall–Kier alpha value is -3.07. The van der Waals surface area contributed by atoms with Crippen molar-refractivity contribution in [3.63, 3.8) is 0 Å². The quantitative estimate of drug-likeness (QED) is 0.571. The zero-order valence-corrected chi connectivity index (χ0v) is 15.6. The zero-order valence-electron chi connectivity index (χ0n) is 14.8. The number of carbonyl (C=O) groups is 1. The van der Waals surface area contributed by atoms with Gasteiger partial charge in [-0.15, -0.1) is 11.3 Å². The lowest BCUT2D eigenvalue weighted by Crippen LogP contribution is -2.41. The predicted octanol–water partition coefficient (Wildman–Crippen LogP) is 3.25. The molecule has 1 aromatic carbocycles. The highest BCUT2D eigenvalue weighted by atomic mass is 32.1. The van der Waals surface area contributed by atoms with Gasteiger partial charge in [0.25, 0.3) is 0 Å². The fraction of sp³-hybridized carbons (Fsp3) is 0.263. The molecule has 0 aliphatic carbocycles. The number of H-pyrrole nitrogens is 1. The molecule has 1 aliphatic rings. The molecule has 9 heteroatoms. The monoisotopic (exact) mass is 397 g/mol. The van der Waals surface area contributed by atoms with Crippen LogP contribution in [0.4, 0.5) is 4.39 Å². The molecular weight excluding hydrogens is 381 g/mol. The average Bonchev–Trinajstić information content (AvgIpc) is 3.45. The minimum Gasteiger partial charge on any atom is -0.438 e. The molecule has 1 N–H and O–H groups in total. The van der Waals surface area contributed by atoms with Gasteiger partial charge in [-0.25, -0.2) is 19.3 Å². The number of hydrogen-bond acceptors (Lipinski definition) is 6. The van der Waals surface area contributed by atoms with Crippen molar-refractivity contribution in [3.05, 3.63) is 64.2 Å². The highest BCUT2D eigenvalue weighted by Gasteiger charge is 2.37. The van der Waals surface area contributed by atoms with Crippen molar-refractivity contribution in [3.8, 4) is 0 Å². The van der Waals surface area contributed by atoms with Gasteiger partial charge < -0.3 is 14.3 Å². The number of nitrogens with zero attached hydrogens (tertiary/aromatic N) is 4. The highest BCUT2D eigenvalue weighted by Crippen LogP contribution is 2.35. The number of nitrogens with one attached hydrogen (secondary N) is 1. The van der Waals surface area contributed by atoms with E-state index in [4.69, 9.17) is 4.42 Å². The van der Waals surface area contributed by atoms with E-state index in [9.17, 15) is 9.18 Å². The first kappa shape index (κ1) is 17.1. The van der Waals surface area contributed by atoms with E-state index in [-0.39, 0.29) is 17.3 Å². The van der Waals surface area contributed by atoms with Crippen LogP contribution >= 0.6 is 11.3 Å². The lowest BCUT2D eigenvalue weighted by atomic mass is 10.0. The number of carbonyl (C=O) groups excluding carboxylic acids is 1. The van der Waals surface area contributed by atoms with Crippen molar-refractivity contribution >= 4 is 28.3 Å². The smallest absolute Gasteiger partial charge is 0.224 e. The summed E-state index contributed by atoms with van der Waals surface area (Å²) < 4.78 is 19.9. The average molecular weight is 397 g/mol. The molecular formula is C19H16FN5O2S. The number of aromatic nitrogens is 4. The van der Waals surface area contributed by atoms with Crippen LogP contribution in [0.5, 0.6) is 0 Å². The minimum absolute atomic E-state index is 0.0309. The van der Waals surface area contributed by atoms with E-state index in [0.29, 0.717) is 37.1 Å². The largest absolute Gasteiger partial charge is 0.438 e. The Bertz CT molecular complexity index is 1140. The Labute approximate surface area is 163 Å². The normalized spacial score (nSPS) is 16.5. The summed E-state index contributed by atoms with van der Waals surface area (Å²) in [5.41, 5.74) is 2.15. The van der Waals surface area contributed by atoms with Crippen LogP contribution in [0, 0.1) is 5.82 Å². The van der Waals surface area contributed by atoms with Gasteiger partial charge in [0.1, 0.15) is 5.52 Å². The molecule has 5 rings (SSSR count). The van der Waals surface area contributed by atoms with Crippen LogP contribution in [0.3, 0.4) is 0 Å². The summed E-state index contributed by atoms with van der Waals surface area (Å²) in [6, 6.07) is 4.00. The lowest BCUT2D eigenvalue weighted by Gasteiger charge is -2.33. The number of rotatable bonds is 4. The van der Waals surface area contributed by atoms with Crippen molar-refractivity contribution in [2.45, 2.75) is 25.3 Å². The Kier molecular flexibility index (Phi) is 4.16. The van der Waals surface area contributed by atoms with Crippen LogP contribution in [0.2, 0.25) is 0 Å². The van der Waals surface area contributed by atoms with Crippen molar-refractivity contribution < 1.29 is 13.6 Å². The summed E-state index contributed by atoms with van der Waals surface area (Å²) in [7, 11) is 0. The van der Waals surface area contributed by atoms with Gasteiger partial charge in [-0.05, 0) is 12.1 Å². The Morgan fingerprint density at radius 2 is 2.32 bits per heavy atom. The highest BCUT2D eigenvalue weighted by molar-refractivity contribution is 7.09. The molecule has 4 aromatic rings. The lowest BCUT2D eigenvalue weighted by molar-refractivity contribution is -0.133. The van der Waals surface area contributed by atoms with E-state index >= 15 is 0 Å². The topological polar surface area (TPSA) is 87.9 Å². The molecule has 0 spiro atoms. The molecule has 3 aromatic heterocycles. The molecule has 142 valence electrons. The van der Waals surface area contributed by atoms with Gasteiger partial charge in [0, 0.05) is 43.1 Å². The van der Waals surface area contributed by atoms with Gasteiger partial charge >= 0.3 is 0 Å². The summed E-state index contributed by atoms with van der Waals surface area (Å²) in [5.74, 6) is -0.209. The second kappa shape index (κ2) is 6.83. The molecule has 0 saturated carbocycles. The van der Waals surface area contributed by atoms with E-state index in [1.165, 1.54) is 17.4 Å². The van der Waals surface area contributed by atoms with Crippen molar-refractivity contribution in [1.29, 1.82) is 0 Å². The fourth-order valence-corrected chi connectivity index (χ4v) is 4.20. The number of aromatic amines is 1. The first-order valence-electron chi connectivity index (χ1n) is 8.95. The molecule has 0 bridgehead atoms. The van der Waals surface area contributed by atoms with Gasteiger partial charge in [0.2, 0.25) is 11.8 Å². The molecule has 7 nitrogen and oxygen atoms in total. The molecule has 0 radical (unpaired) electrons. The number of halogens is 1. The Morgan fingerprint density at radius 1 is 1.39 bits per heavy atom. The Balaban J connectivity index is 1.50. The fourth-order valence-electron chi connectivity index (χ4n) is 3.58. The van der Waals surface area contributed by atoms with E-state index in [1.807, 2.05) is 5.38 Å². The molecule has 0 fully saturated rings.